The summed E-state index contributed by atoms with van der Waals surface area (Å²) in [6.45, 7) is 4.11. The van der Waals surface area contributed by atoms with Gasteiger partial charge >= 0.3 is 0 Å². The van der Waals surface area contributed by atoms with Crippen molar-refractivity contribution < 1.29 is 11.0 Å². The number of aromatic nitrogens is 4. The van der Waals surface area contributed by atoms with Crippen molar-refractivity contribution >= 4 is 67.0 Å². The van der Waals surface area contributed by atoms with Crippen molar-refractivity contribution in [2.24, 2.45) is 0 Å². The highest BCUT2D eigenvalue weighted by molar-refractivity contribution is 9.10. The van der Waals surface area contributed by atoms with E-state index in [1.165, 1.54) is 11.1 Å². The largest absolute Gasteiger partial charge is 0.412 e. The van der Waals surface area contributed by atoms with Gasteiger partial charge in [-0.3, -0.25) is 5.10 Å². The van der Waals surface area contributed by atoms with Crippen LogP contribution in [0.3, 0.4) is 0 Å². The van der Waals surface area contributed by atoms with E-state index in [4.69, 9.17) is 7.85 Å². The molecule has 196 valence electrons. The van der Waals surface area contributed by atoms with Crippen molar-refractivity contribution in [3.05, 3.63) is 117 Å². The summed E-state index contributed by atoms with van der Waals surface area (Å²) in [5.41, 5.74) is 6.56. The van der Waals surface area contributed by atoms with Gasteiger partial charge in [-0.2, -0.15) is 10.2 Å². The van der Waals surface area contributed by atoms with Crippen LogP contribution in [-0.2, 0) is 0 Å². The molecule has 2 heterocycles. The summed E-state index contributed by atoms with van der Waals surface area (Å²) in [5, 5.41) is 13.5. The lowest BCUT2D eigenvalue weighted by Crippen LogP contribution is -1.99. The predicted molar refractivity (Wildman–Crippen MR) is 168 cm³/mol. The molecule has 0 aliphatic carbocycles. The van der Waals surface area contributed by atoms with Crippen LogP contribution in [0, 0.1) is 13.8 Å². The lowest BCUT2D eigenvalue weighted by atomic mass is 9.95. The normalized spacial score (nSPS) is 9.58. The summed E-state index contributed by atoms with van der Waals surface area (Å²) >= 11 is 6.87. The van der Waals surface area contributed by atoms with E-state index in [9.17, 15) is 0 Å². The molecule has 0 spiro atoms. The molecule has 4 aromatic carbocycles. The number of nitrogens with one attached hydrogen (secondary N) is 1. The number of aryl methyl sites for hydroxylation is 2. The summed E-state index contributed by atoms with van der Waals surface area (Å²) in [7, 11) is 5.46. The molecule has 0 saturated heterocycles. The molecule has 0 aliphatic heterocycles. The van der Waals surface area contributed by atoms with Crippen LogP contribution >= 0.6 is 31.9 Å². The molecule has 0 amide bonds. The van der Waals surface area contributed by atoms with Crippen LogP contribution in [0.4, 0.5) is 0 Å². The second-order valence-electron chi connectivity index (χ2n) is 8.11. The van der Waals surface area contributed by atoms with Gasteiger partial charge in [-0.25, -0.2) is 4.68 Å². The van der Waals surface area contributed by atoms with E-state index >= 15 is 0 Å². The van der Waals surface area contributed by atoms with E-state index in [1.54, 1.807) is 0 Å². The Morgan fingerprint density at radius 2 is 1.37 bits per heavy atom. The molecule has 5 N–H and O–H groups in total. The summed E-state index contributed by atoms with van der Waals surface area (Å²) in [6.07, 6.45) is 3.70. The second-order valence-corrected chi connectivity index (χ2v) is 9.95. The molecule has 0 saturated carbocycles. The summed E-state index contributed by atoms with van der Waals surface area (Å²) in [6, 6.07) is 28.3. The van der Waals surface area contributed by atoms with Crippen LogP contribution in [0.2, 0.25) is 0 Å². The highest BCUT2D eigenvalue weighted by Crippen LogP contribution is 2.22. The third kappa shape index (κ3) is 8.67. The SMILES string of the molecule is Brc1ccc2cn[nH]c2c1.C.Cc1cccc(-n2ncc3ccc(Br)cc32)c1.O.O.[B]c1cccc(C)c1. The monoisotopic (exact) mass is 636 g/mol. The van der Waals surface area contributed by atoms with Crippen molar-refractivity contribution in [1.82, 2.24) is 20.0 Å². The molecule has 2 aromatic heterocycles. The van der Waals surface area contributed by atoms with E-state index < -0.39 is 0 Å². The molecule has 0 aliphatic rings. The number of aromatic amines is 1. The zero-order valence-corrected chi connectivity index (χ0v) is 23.6. The first kappa shape index (κ1) is 32.8. The van der Waals surface area contributed by atoms with Gasteiger partial charge in [0.1, 0.15) is 7.85 Å². The van der Waals surface area contributed by atoms with Crippen LogP contribution in [0.1, 0.15) is 18.6 Å². The fraction of sp³-hybridized carbons (Fsp3) is 0.103. The van der Waals surface area contributed by atoms with Crippen molar-refractivity contribution in [1.29, 1.82) is 0 Å². The molecule has 6 aromatic rings. The molecular formula is C29H31BBr2N4O2. The standard InChI is InChI=1S/C14H11BrN2.C7H7B.C7H5BrN2.CH4.2H2O/c1-10-3-2-4-13(7-10)17-14-8-12(15)6-5-11(14)9-16-17;1-6-3-2-4-7(8)5-6;8-6-2-1-5-4-9-10-7(5)3-6;;;/h2-9H,1H3;2-5H,1H3;1-4H,(H,9,10);1H4;2*1H2. The Bertz CT molecular complexity index is 1570. The minimum atomic E-state index is 0. The van der Waals surface area contributed by atoms with Crippen LogP contribution < -0.4 is 5.46 Å². The number of hydrogen-bond acceptors (Lipinski definition) is 2. The van der Waals surface area contributed by atoms with Crippen LogP contribution in [0.5, 0.6) is 0 Å². The summed E-state index contributed by atoms with van der Waals surface area (Å²) < 4.78 is 4.11. The molecule has 9 heteroatoms. The van der Waals surface area contributed by atoms with E-state index in [0.717, 1.165) is 41.9 Å². The Morgan fingerprint density at radius 1 is 0.737 bits per heavy atom. The Labute approximate surface area is 241 Å². The molecule has 0 bridgehead atoms. The molecule has 6 rings (SSSR count). The number of hydrogen-bond donors (Lipinski definition) is 1. The van der Waals surface area contributed by atoms with Gasteiger partial charge in [0, 0.05) is 19.7 Å². The van der Waals surface area contributed by atoms with Gasteiger partial charge in [-0.05, 0) is 55.8 Å². The first-order valence-corrected chi connectivity index (χ1v) is 12.6. The number of halogens is 2. The topological polar surface area (TPSA) is 110 Å². The van der Waals surface area contributed by atoms with Crippen molar-refractivity contribution in [3.8, 4) is 5.69 Å². The molecule has 0 unspecified atom stereocenters. The minimum Gasteiger partial charge on any atom is -0.412 e. The third-order valence-electron chi connectivity index (χ3n) is 5.23. The average Bonchev–Trinajstić information content (AvgIpc) is 3.46. The summed E-state index contributed by atoms with van der Waals surface area (Å²) in [5.74, 6) is 0. The molecule has 38 heavy (non-hydrogen) atoms. The lowest BCUT2D eigenvalue weighted by Gasteiger charge is -2.04. The van der Waals surface area contributed by atoms with Crippen LogP contribution in [-0.4, -0.2) is 38.8 Å². The van der Waals surface area contributed by atoms with Crippen molar-refractivity contribution in [2.45, 2.75) is 21.3 Å². The van der Waals surface area contributed by atoms with Crippen molar-refractivity contribution in [2.75, 3.05) is 0 Å². The maximum atomic E-state index is 5.46. The Kier molecular flexibility index (Phi) is 13.2. The van der Waals surface area contributed by atoms with Gasteiger partial charge in [0.25, 0.3) is 0 Å². The Morgan fingerprint density at radius 3 is 2.00 bits per heavy atom. The zero-order valence-electron chi connectivity index (χ0n) is 20.4. The molecular weight excluding hydrogens is 607 g/mol. The maximum Gasteiger partial charge on any atom is 0.113 e. The van der Waals surface area contributed by atoms with Gasteiger partial charge in [0.15, 0.2) is 0 Å². The lowest BCUT2D eigenvalue weighted by molar-refractivity contribution is 0.823. The highest BCUT2D eigenvalue weighted by Gasteiger charge is 2.05. The average molecular weight is 638 g/mol. The van der Waals surface area contributed by atoms with Gasteiger partial charge in [-0.15, -0.1) is 0 Å². The number of nitrogens with zero attached hydrogens (tertiary/aromatic N) is 3. The van der Waals surface area contributed by atoms with Gasteiger partial charge in [0.05, 0.1) is 29.1 Å². The van der Waals surface area contributed by atoms with E-state index in [1.807, 2.05) is 72.5 Å². The van der Waals surface area contributed by atoms with Crippen LogP contribution in [0.25, 0.3) is 27.5 Å². The second kappa shape index (κ2) is 15.2. The van der Waals surface area contributed by atoms with Gasteiger partial charge in [0.2, 0.25) is 0 Å². The Balaban J connectivity index is 0.000000297. The predicted octanol–water partition coefficient (Wildman–Crippen LogP) is 6.20. The number of fused-ring (bicyclic) bond motifs is 2. The van der Waals surface area contributed by atoms with E-state index in [0.29, 0.717) is 0 Å². The van der Waals surface area contributed by atoms with Gasteiger partial charge in [-0.1, -0.05) is 98.8 Å². The fourth-order valence-corrected chi connectivity index (χ4v) is 4.25. The number of H-pyrrole nitrogens is 1. The third-order valence-corrected chi connectivity index (χ3v) is 6.21. The molecule has 0 atom stereocenters. The molecule has 0 fully saturated rings. The van der Waals surface area contributed by atoms with E-state index in [2.05, 4.69) is 90.5 Å². The minimum absolute atomic E-state index is 0. The van der Waals surface area contributed by atoms with E-state index in [-0.39, 0.29) is 18.4 Å². The first-order chi connectivity index (χ1) is 16.9. The first-order valence-electron chi connectivity index (χ1n) is 11.0. The molecule has 2 radical (unpaired) electrons. The fourth-order valence-electron chi connectivity index (χ4n) is 3.54. The number of benzene rings is 4. The van der Waals surface area contributed by atoms with Crippen LogP contribution in [0.15, 0.2) is 106 Å². The quantitative estimate of drug-likeness (QED) is 0.217. The zero-order chi connectivity index (χ0) is 24.8. The van der Waals surface area contributed by atoms with Crippen molar-refractivity contribution in [3.63, 3.8) is 0 Å². The number of rotatable bonds is 1. The molecule has 6 nitrogen and oxygen atoms in total. The van der Waals surface area contributed by atoms with Gasteiger partial charge < -0.3 is 11.0 Å². The maximum absolute atomic E-state index is 5.46. The smallest absolute Gasteiger partial charge is 0.113 e. The highest BCUT2D eigenvalue weighted by atomic mass is 79.9. The summed E-state index contributed by atoms with van der Waals surface area (Å²) in [4.78, 5) is 0. The Hall–Kier alpha value is -3.24.